The van der Waals surface area contributed by atoms with Gasteiger partial charge in [0.2, 0.25) is 12.7 Å². The molecule has 0 saturated carbocycles. The number of ether oxygens (including phenoxy) is 2. The number of likely N-dealkylation sites (tertiary alicyclic amines) is 1. The summed E-state index contributed by atoms with van der Waals surface area (Å²) in [5.74, 6) is 0.933. The van der Waals surface area contributed by atoms with Crippen LogP contribution >= 0.6 is 0 Å². The predicted molar refractivity (Wildman–Crippen MR) is 118 cm³/mol. The van der Waals surface area contributed by atoms with E-state index in [1.54, 1.807) is 35.2 Å². The average molecular weight is 464 g/mol. The number of nitrogens with one attached hydrogen (secondary N) is 1. The van der Waals surface area contributed by atoms with Gasteiger partial charge in [0.15, 0.2) is 11.5 Å². The van der Waals surface area contributed by atoms with Gasteiger partial charge < -0.3 is 24.3 Å². The minimum atomic E-state index is -0.884. The highest BCUT2D eigenvalue weighted by molar-refractivity contribution is 6.05. The first-order chi connectivity index (χ1) is 16.5. The van der Waals surface area contributed by atoms with E-state index in [4.69, 9.17) is 9.47 Å². The molecule has 176 valence electrons. The van der Waals surface area contributed by atoms with Crippen molar-refractivity contribution in [3.8, 4) is 11.5 Å². The van der Waals surface area contributed by atoms with Crippen LogP contribution in [-0.4, -0.2) is 58.1 Å². The first-order valence-corrected chi connectivity index (χ1v) is 11.4. The van der Waals surface area contributed by atoms with E-state index < -0.39 is 18.0 Å². The number of nitrogens with zero attached hydrogens (tertiary/aromatic N) is 3. The van der Waals surface area contributed by atoms with Crippen molar-refractivity contribution in [1.82, 2.24) is 19.7 Å². The number of pyridine rings is 1. The molecule has 0 spiro atoms. The zero-order valence-corrected chi connectivity index (χ0v) is 18.4. The molecule has 1 aromatic heterocycles. The Hall–Kier alpha value is -3.82. The third-order valence-electron chi connectivity index (χ3n) is 7.10. The fraction of sp³-hybridized carbons (Fsp3) is 0.417. The zero-order valence-electron chi connectivity index (χ0n) is 18.4. The lowest BCUT2D eigenvalue weighted by Gasteiger charge is -2.43. The van der Waals surface area contributed by atoms with E-state index in [-0.39, 0.29) is 43.1 Å². The van der Waals surface area contributed by atoms with Gasteiger partial charge in [-0.1, -0.05) is 12.1 Å². The normalized spacial score (nSPS) is 24.8. The summed E-state index contributed by atoms with van der Waals surface area (Å²) in [6.07, 6.45) is 0.860. The molecule has 2 bridgehead atoms. The van der Waals surface area contributed by atoms with E-state index in [2.05, 4.69) is 5.32 Å². The van der Waals surface area contributed by atoms with Gasteiger partial charge in [-0.25, -0.2) is 4.79 Å². The number of benzene rings is 1. The Bertz CT molecular complexity index is 1260. The average Bonchev–Trinajstić information content (AvgIpc) is 3.39. The quantitative estimate of drug-likeness (QED) is 0.677. The van der Waals surface area contributed by atoms with E-state index in [0.29, 0.717) is 31.1 Å². The maximum atomic E-state index is 13.1. The fourth-order valence-electron chi connectivity index (χ4n) is 5.49. The molecule has 3 atom stereocenters. The highest BCUT2D eigenvalue weighted by Crippen LogP contribution is 2.36. The van der Waals surface area contributed by atoms with Gasteiger partial charge >= 0.3 is 6.03 Å². The maximum absolute atomic E-state index is 13.1. The van der Waals surface area contributed by atoms with Crippen molar-refractivity contribution < 1.29 is 23.9 Å². The van der Waals surface area contributed by atoms with Gasteiger partial charge in [0.05, 0.1) is 13.0 Å². The summed E-state index contributed by atoms with van der Waals surface area (Å²) in [6, 6.07) is 9.16. The molecule has 2 fully saturated rings. The number of rotatable bonds is 4. The lowest BCUT2D eigenvalue weighted by Crippen LogP contribution is -2.50. The lowest BCUT2D eigenvalue weighted by molar-refractivity contribution is -0.137. The van der Waals surface area contributed by atoms with Crippen LogP contribution in [0.3, 0.4) is 0 Å². The molecule has 1 unspecified atom stereocenters. The van der Waals surface area contributed by atoms with E-state index in [0.717, 1.165) is 22.6 Å². The van der Waals surface area contributed by atoms with Gasteiger partial charge in [0, 0.05) is 37.3 Å². The maximum Gasteiger partial charge on any atom is 0.325 e. The second-order valence-electron chi connectivity index (χ2n) is 9.32. The van der Waals surface area contributed by atoms with Crippen LogP contribution in [0.25, 0.3) is 0 Å². The van der Waals surface area contributed by atoms with Crippen molar-refractivity contribution in [2.75, 3.05) is 19.9 Å². The molecule has 4 aliphatic rings. The molecule has 10 heteroatoms. The van der Waals surface area contributed by atoms with Gasteiger partial charge in [-0.05, 0) is 36.1 Å². The van der Waals surface area contributed by atoms with Crippen molar-refractivity contribution >= 4 is 17.8 Å². The number of hydrogen-bond donors (Lipinski definition) is 1. The van der Waals surface area contributed by atoms with Crippen LogP contribution in [0.15, 0.2) is 41.2 Å². The van der Waals surface area contributed by atoms with Crippen LogP contribution in [0.1, 0.15) is 30.0 Å². The summed E-state index contributed by atoms with van der Waals surface area (Å²) >= 11 is 0. The minimum absolute atomic E-state index is 0.00575. The van der Waals surface area contributed by atoms with E-state index in [1.807, 2.05) is 10.6 Å². The second-order valence-corrected chi connectivity index (χ2v) is 9.32. The smallest absolute Gasteiger partial charge is 0.325 e. The molecular formula is C24H24N4O6. The van der Waals surface area contributed by atoms with Crippen LogP contribution in [0.2, 0.25) is 0 Å². The Morgan fingerprint density at radius 3 is 2.76 bits per heavy atom. The molecule has 2 aromatic rings. The number of piperidine rings is 1. The molecule has 2 saturated heterocycles. The molecule has 6 rings (SSSR count). The van der Waals surface area contributed by atoms with Gasteiger partial charge in [-0.3, -0.25) is 19.3 Å². The first-order valence-electron chi connectivity index (χ1n) is 11.4. The highest BCUT2D eigenvalue weighted by Gasteiger charge is 2.42. The molecule has 10 nitrogen and oxygen atoms in total. The standard InChI is InChI=1S/C24H24N4O6/c29-21-3-1-2-18-16-6-15(11-27(18)21)9-26(12-16)22(30)8-17-23(31)28(24(32)25-17)10-14-4-5-19-20(7-14)34-13-33-19/h1-5,7,15-17H,6,8-13H2,(H,25,32)/t15-,16+,17?/m1/s1. The number of carbonyl (C=O) groups excluding carboxylic acids is 3. The molecule has 5 heterocycles. The minimum Gasteiger partial charge on any atom is -0.454 e. The molecule has 1 aromatic carbocycles. The Labute approximate surface area is 195 Å². The van der Waals surface area contributed by atoms with Gasteiger partial charge in [-0.15, -0.1) is 0 Å². The number of hydrogen-bond acceptors (Lipinski definition) is 6. The van der Waals surface area contributed by atoms with E-state index in [1.165, 1.54) is 0 Å². The summed E-state index contributed by atoms with van der Waals surface area (Å²) in [7, 11) is 0. The molecule has 1 N–H and O–H groups in total. The van der Waals surface area contributed by atoms with Gasteiger partial charge in [0.25, 0.3) is 11.5 Å². The number of fused-ring (bicyclic) bond motifs is 5. The number of amides is 4. The van der Waals surface area contributed by atoms with E-state index in [9.17, 15) is 19.2 Å². The number of urea groups is 1. The summed E-state index contributed by atoms with van der Waals surface area (Å²) in [4.78, 5) is 53.7. The predicted octanol–water partition coefficient (Wildman–Crippen LogP) is 1.03. The molecule has 34 heavy (non-hydrogen) atoms. The Kier molecular flexibility index (Phi) is 4.82. The van der Waals surface area contributed by atoms with Crippen LogP contribution in [0, 0.1) is 5.92 Å². The van der Waals surface area contributed by atoms with Crippen LogP contribution < -0.4 is 20.3 Å². The Morgan fingerprint density at radius 1 is 1.03 bits per heavy atom. The lowest BCUT2D eigenvalue weighted by atomic mass is 9.83. The SMILES string of the molecule is O=C(CC1NC(=O)N(Cc2ccc3c(c2)OCO3)C1=O)N1C[C@H]2C[C@@H](C1)c1cccc(=O)n1C2. The fourth-order valence-corrected chi connectivity index (χ4v) is 5.49. The number of imide groups is 1. The van der Waals surface area contributed by atoms with Gasteiger partial charge in [0.1, 0.15) is 6.04 Å². The van der Waals surface area contributed by atoms with Crippen molar-refractivity contribution in [2.24, 2.45) is 5.92 Å². The summed E-state index contributed by atoms with van der Waals surface area (Å²) in [6.45, 7) is 1.89. The summed E-state index contributed by atoms with van der Waals surface area (Å²) in [5.41, 5.74) is 1.69. The monoisotopic (exact) mass is 464 g/mol. The second kappa shape index (κ2) is 7.89. The van der Waals surface area contributed by atoms with Crippen molar-refractivity contribution in [3.63, 3.8) is 0 Å². The zero-order chi connectivity index (χ0) is 23.4. The number of carbonyl (C=O) groups is 3. The summed E-state index contributed by atoms with van der Waals surface area (Å²) < 4.78 is 12.5. The third-order valence-corrected chi connectivity index (χ3v) is 7.10. The highest BCUT2D eigenvalue weighted by atomic mass is 16.7. The molecular weight excluding hydrogens is 440 g/mol. The van der Waals surface area contributed by atoms with Crippen molar-refractivity contribution in [2.45, 2.75) is 37.9 Å². The molecule has 4 aliphatic heterocycles. The third kappa shape index (κ3) is 3.49. The number of aromatic nitrogens is 1. The molecule has 4 amide bonds. The summed E-state index contributed by atoms with van der Waals surface area (Å²) in [5, 5.41) is 2.66. The Morgan fingerprint density at radius 2 is 1.88 bits per heavy atom. The van der Waals surface area contributed by atoms with E-state index >= 15 is 0 Å². The van der Waals surface area contributed by atoms with Crippen LogP contribution in [0.5, 0.6) is 11.5 Å². The molecule has 0 aliphatic carbocycles. The molecule has 0 radical (unpaired) electrons. The Balaban J connectivity index is 1.12. The first kappa shape index (κ1) is 20.8. The van der Waals surface area contributed by atoms with Crippen LogP contribution in [0.4, 0.5) is 4.79 Å². The van der Waals surface area contributed by atoms with Crippen molar-refractivity contribution in [3.05, 3.63) is 58.0 Å². The van der Waals surface area contributed by atoms with Gasteiger partial charge in [-0.2, -0.15) is 0 Å². The van der Waals surface area contributed by atoms with Crippen molar-refractivity contribution in [1.29, 1.82) is 0 Å². The topological polar surface area (TPSA) is 110 Å². The largest absolute Gasteiger partial charge is 0.454 e. The van der Waals surface area contributed by atoms with Crippen LogP contribution in [-0.2, 0) is 22.7 Å².